The number of nitrogens with zero attached hydrogens (tertiary/aromatic N) is 2. The average Bonchev–Trinajstić information content (AvgIpc) is 3.03. The second-order valence-electron chi connectivity index (χ2n) is 13.8. The summed E-state index contributed by atoms with van der Waals surface area (Å²) < 4.78 is 0. The van der Waals surface area contributed by atoms with Crippen molar-refractivity contribution < 1.29 is 0 Å². The smallest absolute Gasteiger partial charge is 0.0255 e. The van der Waals surface area contributed by atoms with Gasteiger partial charge >= 0.3 is 0 Å². The molecule has 1 N–H and O–H groups in total. The van der Waals surface area contributed by atoms with E-state index in [2.05, 4.69) is 98.9 Å². The van der Waals surface area contributed by atoms with Crippen LogP contribution >= 0.6 is 0 Å². The van der Waals surface area contributed by atoms with E-state index in [1.807, 2.05) is 0 Å². The second kappa shape index (κ2) is 37.3. The fraction of sp³-hybridized carbons (Fsp3) is 0.810. The van der Waals surface area contributed by atoms with Crippen molar-refractivity contribution in [2.45, 2.75) is 187 Å². The summed E-state index contributed by atoms with van der Waals surface area (Å²) in [4.78, 5) is 2.28. The fourth-order valence-corrected chi connectivity index (χ4v) is 5.76. The van der Waals surface area contributed by atoms with Gasteiger partial charge in [-0.25, -0.2) is 5.01 Å². The Morgan fingerprint density at radius 1 is 0.422 bits per heavy atom. The van der Waals surface area contributed by atoms with Crippen LogP contribution in [0.15, 0.2) is 48.6 Å². The molecular weight excluding hydrogens is 546 g/mol. The molecule has 0 heterocycles. The maximum Gasteiger partial charge on any atom is 0.0255 e. The molecule has 0 amide bonds. The van der Waals surface area contributed by atoms with Gasteiger partial charge in [0.2, 0.25) is 0 Å². The summed E-state index contributed by atoms with van der Waals surface area (Å²) in [6.07, 6.45) is 53.4. The average molecular weight is 628 g/mol. The van der Waals surface area contributed by atoms with E-state index in [0.717, 1.165) is 25.9 Å². The number of hydrogen-bond donors (Lipinski definition) is 1. The minimum atomic E-state index is 0.633. The van der Waals surface area contributed by atoms with E-state index >= 15 is 0 Å². The zero-order valence-corrected chi connectivity index (χ0v) is 31.4. The Labute approximate surface area is 284 Å². The van der Waals surface area contributed by atoms with Gasteiger partial charge in [-0.1, -0.05) is 152 Å². The Kier molecular flexibility index (Phi) is 36.3. The first-order chi connectivity index (χ1) is 22.1. The number of allylic oxidation sites excluding steroid dienone is 8. The van der Waals surface area contributed by atoms with E-state index in [1.165, 1.54) is 154 Å². The molecule has 3 heteroatoms. The van der Waals surface area contributed by atoms with Gasteiger partial charge < -0.3 is 4.90 Å². The summed E-state index contributed by atoms with van der Waals surface area (Å²) in [6.45, 7) is 6.73. The minimum Gasteiger partial charge on any atom is -0.308 e. The number of rotatable bonds is 35. The van der Waals surface area contributed by atoms with Crippen molar-refractivity contribution in [1.82, 2.24) is 15.3 Å². The van der Waals surface area contributed by atoms with Crippen LogP contribution < -0.4 is 5.43 Å². The van der Waals surface area contributed by atoms with Crippen LogP contribution in [0.1, 0.15) is 181 Å². The van der Waals surface area contributed by atoms with Gasteiger partial charge in [0.15, 0.2) is 0 Å². The van der Waals surface area contributed by atoms with Gasteiger partial charge in [0.05, 0.1) is 0 Å². The highest BCUT2D eigenvalue weighted by atomic mass is 15.5. The first kappa shape index (κ1) is 43.8. The SMILES string of the molecule is CCCCC/C=C\C/C=C\CCCCCCCCC(CCCCCCCC/C=C\C/C=C\CCCCC)NN(C)CCN(C)C. The van der Waals surface area contributed by atoms with Crippen molar-refractivity contribution in [3.63, 3.8) is 0 Å². The molecule has 0 spiro atoms. The summed E-state index contributed by atoms with van der Waals surface area (Å²) in [6, 6.07) is 0.633. The molecule has 0 aromatic rings. The molecular formula is C42H81N3. The molecule has 0 unspecified atom stereocenters. The van der Waals surface area contributed by atoms with E-state index in [0.29, 0.717) is 6.04 Å². The highest BCUT2D eigenvalue weighted by molar-refractivity contribution is 4.93. The molecule has 0 atom stereocenters. The molecule has 0 rings (SSSR count). The number of hydrogen-bond acceptors (Lipinski definition) is 3. The topological polar surface area (TPSA) is 18.5 Å². The second-order valence-corrected chi connectivity index (χ2v) is 13.8. The third-order valence-corrected chi connectivity index (χ3v) is 8.79. The van der Waals surface area contributed by atoms with Gasteiger partial charge in [-0.05, 0) is 91.1 Å². The van der Waals surface area contributed by atoms with Crippen molar-refractivity contribution in [2.24, 2.45) is 0 Å². The number of nitrogens with one attached hydrogen (secondary N) is 1. The Morgan fingerprint density at radius 3 is 1.16 bits per heavy atom. The predicted molar refractivity (Wildman–Crippen MR) is 206 cm³/mol. The van der Waals surface area contributed by atoms with Gasteiger partial charge in [-0.2, -0.15) is 0 Å². The van der Waals surface area contributed by atoms with E-state index in [4.69, 9.17) is 0 Å². The van der Waals surface area contributed by atoms with Crippen LogP contribution in [-0.4, -0.2) is 50.2 Å². The third kappa shape index (κ3) is 37.2. The van der Waals surface area contributed by atoms with Crippen LogP contribution in [-0.2, 0) is 0 Å². The summed E-state index contributed by atoms with van der Waals surface area (Å²) in [7, 11) is 6.56. The molecule has 0 aliphatic carbocycles. The van der Waals surface area contributed by atoms with Crippen LogP contribution in [0, 0.1) is 0 Å². The van der Waals surface area contributed by atoms with E-state index in [-0.39, 0.29) is 0 Å². The Morgan fingerprint density at radius 2 is 0.778 bits per heavy atom. The third-order valence-electron chi connectivity index (χ3n) is 8.79. The zero-order chi connectivity index (χ0) is 32.9. The lowest BCUT2D eigenvalue weighted by atomic mass is 10.00. The Hall–Kier alpha value is -1.16. The molecule has 0 aromatic heterocycles. The molecule has 0 aromatic carbocycles. The first-order valence-electron chi connectivity index (χ1n) is 19.8. The monoisotopic (exact) mass is 628 g/mol. The normalized spacial score (nSPS) is 12.7. The number of unbranched alkanes of at least 4 members (excludes halogenated alkanes) is 18. The van der Waals surface area contributed by atoms with E-state index in [9.17, 15) is 0 Å². The molecule has 45 heavy (non-hydrogen) atoms. The first-order valence-corrected chi connectivity index (χ1v) is 19.8. The van der Waals surface area contributed by atoms with Gasteiger partial charge in [0.25, 0.3) is 0 Å². The Balaban J connectivity index is 3.95. The van der Waals surface area contributed by atoms with Crippen LogP contribution in [0.25, 0.3) is 0 Å². The lowest BCUT2D eigenvalue weighted by Crippen LogP contribution is -2.45. The molecule has 0 aliphatic rings. The number of likely N-dealkylation sites (N-methyl/N-ethyl adjacent to an activating group) is 2. The van der Waals surface area contributed by atoms with Crippen molar-refractivity contribution >= 4 is 0 Å². The van der Waals surface area contributed by atoms with Gasteiger partial charge in [-0.3, -0.25) is 5.43 Å². The van der Waals surface area contributed by atoms with Gasteiger partial charge in [-0.15, -0.1) is 0 Å². The summed E-state index contributed by atoms with van der Waals surface area (Å²) in [5.41, 5.74) is 3.86. The Bertz CT molecular complexity index is 629. The lowest BCUT2D eigenvalue weighted by Gasteiger charge is -2.27. The summed E-state index contributed by atoms with van der Waals surface area (Å²) in [5.74, 6) is 0. The van der Waals surface area contributed by atoms with Crippen LogP contribution in [0.5, 0.6) is 0 Å². The van der Waals surface area contributed by atoms with Crippen LogP contribution in [0.2, 0.25) is 0 Å². The largest absolute Gasteiger partial charge is 0.308 e. The molecule has 3 nitrogen and oxygen atoms in total. The van der Waals surface area contributed by atoms with E-state index < -0.39 is 0 Å². The van der Waals surface area contributed by atoms with Gasteiger partial charge in [0.1, 0.15) is 0 Å². The van der Waals surface area contributed by atoms with Crippen molar-refractivity contribution in [3.05, 3.63) is 48.6 Å². The maximum atomic E-state index is 3.86. The quantitative estimate of drug-likeness (QED) is 0.0428. The lowest BCUT2D eigenvalue weighted by molar-refractivity contribution is 0.167. The number of hydrazine groups is 1. The molecule has 264 valence electrons. The molecule has 0 radical (unpaired) electrons. The zero-order valence-electron chi connectivity index (χ0n) is 31.4. The summed E-state index contributed by atoms with van der Waals surface area (Å²) >= 11 is 0. The molecule has 0 fully saturated rings. The highest BCUT2D eigenvalue weighted by Gasteiger charge is 2.11. The maximum absolute atomic E-state index is 3.86. The van der Waals surface area contributed by atoms with Crippen LogP contribution in [0.4, 0.5) is 0 Å². The molecule has 0 saturated carbocycles. The predicted octanol–water partition coefficient (Wildman–Crippen LogP) is 12.8. The standard InChI is InChI=1S/C42H81N3/c1-6-8-10-12-14-16-18-20-22-24-26-28-30-32-34-36-38-42(43-45(5)41-40-44(3)4)39-37-35-33-31-29-27-25-23-21-19-17-15-13-11-9-7-2/h14-17,20-23,42-43H,6-13,18-19,24-41H2,1-5H3/b16-14-,17-15-,22-20-,23-21-. The summed E-state index contributed by atoms with van der Waals surface area (Å²) in [5, 5.41) is 2.34. The van der Waals surface area contributed by atoms with Gasteiger partial charge in [0, 0.05) is 26.2 Å². The molecule has 0 aliphatic heterocycles. The molecule has 0 bridgehead atoms. The highest BCUT2D eigenvalue weighted by Crippen LogP contribution is 2.16. The van der Waals surface area contributed by atoms with E-state index in [1.54, 1.807) is 0 Å². The van der Waals surface area contributed by atoms with Crippen molar-refractivity contribution in [2.75, 3.05) is 34.2 Å². The van der Waals surface area contributed by atoms with Crippen LogP contribution in [0.3, 0.4) is 0 Å². The molecule has 0 saturated heterocycles. The minimum absolute atomic E-state index is 0.633. The van der Waals surface area contributed by atoms with Crippen molar-refractivity contribution in [1.29, 1.82) is 0 Å². The fourth-order valence-electron chi connectivity index (χ4n) is 5.76. The van der Waals surface area contributed by atoms with Crippen molar-refractivity contribution in [3.8, 4) is 0 Å².